The van der Waals surface area contributed by atoms with Crippen LogP contribution in [0, 0.1) is 0 Å². The summed E-state index contributed by atoms with van der Waals surface area (Å²) in [5.74, 6) is 0. The quantitative estimate of drug-likeness (QED) is 0.528. The third-order valence-corrected chi connectivity index (χ3v) is 3.18. The molecule has 1 aliphatic carbocycles. The fourth-order valence-corrected chi connectivity index (χ4v) is 2.02. The molecule has 1 aliphatic rings. The van der Waals surface area contributed by atoms with E-state index in [2.05, 4.69) is 34.6 Å². The molecular weight excluding hydrogens is 144 g/mol. The molecule has 0 N–H and O–H groups in total. The lowest BCUT2D eigenvalue weighted by molar-refractivity contribution is 0.164. The van der Waals surface area contributed by atoms with E-state index in [0.717, 1.165) is 6.04 Å². The van der Waals surface area contributed by atoms with E-state index in [1.54, 1.807) is 0 Å². The Morgan fingerprint density at radius 3 is 2.08 bits per heavy atom. The van der Waals surface area contributed by atoms with Gasteiger partial charge in [0.15, 0.2) is 0 Å². The first-order valence-corrected chi connectivity index (χ1v) is 5.25. The monoisotopic (exact) mass is 165 g/mol. The van der Waals surface area contributed by atoms with Crippen LogP contribution >= 0.6 is 0 Å². The molecule has 3 heteroatoms. The van der Waals surface area contributed by atoms with E-state index in [4.69, 9.17) is 0 Å². The first-order chi connectivity index (χ1) is 5.52. The van der Waals surface area contributed by atoms with Gasteiger partial charge in [0.05, 0.1) is 0 Å². The largest absolute Gasteiger partial charge is 0.313 e. The minimum absolute atomic E-state index is 0.349. The number of hydrogen-bond donors (Lipinski definition) is 0. The van der Waals surface area contributed by atoms with Crippen molar-refractivity contribution >= 4 is 15.7 Å². The highest BCUT2D eigenvalue weighted by atomic mass is 15.2. The lowest BCUT2D eigenvalue weighted by Gasteiger charge is -2.41. The predicted octanol–water partition coefficient (Wildman–Crippen LogP) is 0.191. The predicted molar refractivity (Wildman–Crippen MR) is 60.1 cm³/mol. The molecule has 0 spiro atoms. The molecule has 0 aromatic rings. The zero-order valence-corrected chi connectivity index (χ0v) is 9.06. The van der Waals surface area contributed by atoms with E-state index in [-0.39, 0.29) is 0 Å². The van der Waals surface area contributed by atoms with Gasteiger partial charge < -0.3 is 4.90 Å². The van der Waals surface area contributed by atoms with Crippen LogP contribution in [0.2, 0.25) is 0 Å². The van der Waals surface area contributed by atoms with Crippen LogP contribution in [0.3, 0.4) is 0 Å². The highest BCUT2D eigenvalue weighted by molar-refractivity contribution is 6.39. The Balaban J connectivity index is 2.45. The van der Waals surface area contributed by atoms with Crippen molar-refractivity contribution in [3.8, 4) is 0 Å². The van der Waals surface area contributed by atoms with Crippen LogP contribution < -0.4 is 0 Å². The Morgan fingerprint density at radius 2 is 1.67 bits per heavy atom. The smallest absolute Gasteiger partial charge is 0.116 e. The van der Waals surface area contributed by atoms with Gasteiger partial charge in [0, 0.05) is 6.04 Å². The van der Waals surface area contributed by atoms with Crippen LogP contribution in [0.5, 0.6) is 0 Å². The summed E-state index contributed by atoms with van der Waals surface area (Å²) in [6, 6.07) is 0.846. The van der Waals surface area contributed by atoms with Gasteiger partial charge in [-0.25, -0.2) is 0 Å². The van der Waals surface area contributed by atoms with Gasteiger partial charge in [0.2, 0.25) is 0 Å². The zero-order chi connectivity index (χ0) is 9.19. The summed E-state index contributed by atoms with van der Waals surface area (Å²) in [5, 5.41) is 0.349. The highest BCUT2D eigenvalue weighted by Gasteiger charge is 2.25. The lowest BCUT2D eigenvalue weighted by Crippen LogP contribution is -2.50. The fraction of sp³-hybridized carbons (Fsp3) is 1.00. The third kappa shape index (κ3) is 2.55. The molecule has 0 aromatic heterocycles. The summed E-state index contributed by atoms with van der Waals surface area (Å²) in [4.78, 5) is 2.55. The molecule has 12 heavy (non-hydrogen) atoms. The molecule has 1 nitrogen and oxygen atoms in total. The van der Waals surface area contributed by atoms with Gasteiger partial charge in [-0.1, -0.05) is 26.2 Å². The maximum absolute atomic E-state index is 2.55. The molecule has 0 bridgehead atoms. The molecule has 0 aromatic carbocycles. The summed E-state index contributed by atoms with van der Waals surface area (Å²) in [5.41, 5.74) is 0. The van der Waals surface area contributed by atoms with Crippen molar-refractivity contribution in [1.29, 1.82) is 0 Å². The van der Waals surface area contributed by atoms with E-state index < -0.39 is 0 Å². The Bertz CT molecular complexity index is 136. The summed E-state index contributed by atoms with van der Waals surface area (Å²) in [6.45, 7) is 2.31. The molecule has 0 aliphatic heterocycles. The van der Waals surface area contributed by atoms with Crippen LogP contribution in [0.15, 0.2) is 0 Å². The minimum Gasteiger partial charge on any atom is -0.313 e. The average Bonchev–Trinajstić information content (AvgIpc) is 2.03. The normalized spacial score (nSPS) is 21.6. The van der Waals surface area contributed by atoms with Crippen molar-refractivity contribution < 1.29 is 0 Å². The van der Waals surface area contributed by atoms with Gasteiger partial charge in [-0.15, -0.1) is 0 Å². The number of hydrogen-bond acceptors (Lipinski definition) is 1. The van der Waals surface area contributed by atoms with Crippen molar-refractivity contribution in [3.05, 3.63) is 0 Å². The summed E-state index contributed by atoms with van der Waals surface area (Å²) in [7, 11) is 6.89. The van der Waals surface area contributed by atoms with E-state index in [0.29, 0.717) is 5.34 Å². The molecule has 0 saturated heterocycles. The maximum Gasteiger partial charge on any atom is 0.116 e. The van der Waals surface area contributed by atoms with E-state index >= 15 is 0 Å². The topological polar surface area (TPSA) is 3.24 Å². The summed E-state index contributed by atoms with van der Waals surface area (Å²) in [6.07, 6.45) is 7.15. The Labute approximate surface area is 78.7 Å². The first kappa shape index (κ1) is 10.2. The molecule has 0 amide bonds. The van der Waals surface area contributed by atoms with Crippen LogP contribution in [-0.4, -0.2) is 39.0 Å². The van der Waals surface area contributed by atoms with Crippen LogP contribution in [0.1, 0.15) is 39.0 Å². The molecule has 68 valence electrons. The van der Waals surface area contributed by atoms with Crippen molar-refractivity contribution in [2.75, 3.05) is 7.05 Å². The molecular formula is C9H21B2N. The van der Waals surface area contributed by atoms with Crippen molar-refractivity contribution in [2.24, 2.45) is 0 Å². The molecule has 1 fully saturated rings. The maximum atomic E-state index is 2.55. The average molecular weight is 165 g/mol. The Hall–Kier alpha value is 0.0899. The van der Waals surface area contributed by atoms with Crippen LogP contribution in [0.25, 0.3) is 0 Å². The lowest BCUT2D eigenvalue weighted by atomic mass is 9.61. The SMILES string of the molecule is BC(B)(C)N(C)C1CCCCC1. The van der Waals surface area contributed by atoms with Gasteiger partial charge >= 0.3 is 0 Å². The highest BCUT2D eigenvalue weighted by Crippen LogP contribution is 2.24. The van der Waals surface area contributed by atoms with Gasteiger partial charge in [-0.3, -0.25) is 0 Å². The molecule has 0 radical (unpaired) electrons. The van der Waals surface area contributed by atoms with E-state index in [1.807, 2.05) is 0 Å². The standard InChI is InChI=1S/C9H21B2N/c1-9(10,11)12(2)8-6-4-3-5-7-8/h8H,3-7,10-11H2,1-2H3. The molecule has 0 atom stereocenters. The van der Waals surface area contributed by atoms with E-state index in [9.17, 15) is 0 Å². The van der Waals surface area contributed by atoms with Crippen LogP contribution in [0.4, 0.5) is 0 Å². The molecule has 0 heterocycles. The van der Waals surface area contributed by atoms with Crippen molar-refractivity contribution in [2.45, 2.75) is 50.4 Å². The molecule has 1 rings (SSSR count). The second-order valence-electron chi connectivity index (χ2n) is 5.07. The Morgan fingerprint density at radius 1 is 1.17 bits per heavy atom. The second kappa shape index (κ2) is 3.87. The first-order valence-electron chi connectivity index (χ1n) is 5.25. The Kier molecular flexibility index (Phi) is 3.28. The van der Waals surface area contributed by atoms with Gasteiger partial charge in [0.25, 0.3) is 0 Å². The van der Waals surface area contributed by atoms with Gasteiger partial charge in [0.1, 0.15) is 15.7 Å². The molecule has 0 unspecified atom stereocenters. The number of nitrogens with zero attached hydrogens (tertiary/aromatic N) is 1. The second-order valence-corrected chi connectivity index (χ2v) is 5.07. The molecule has 1 saturated carbocycles. The summed E-state index contributed by atoms with van der Waals surface area (Å²) >= 11 is 0. The minimum atomic E-state index is 0.349. The van der Waals surface area contributed by atoms with Crippen LogP contribution in [-0.2, 0) is 0 Å². The number of rotatable bonds is 2. The summed E-state index contributed by atoms with van der Waals surface area (Å²) < 4.78 is 0. The third-order valence-electron chi connectivity index (χ3n) is 3.18. The van der Waals surface area contributed by atoms with Gasteiger partial charge in [-0.2, -0.15) is 0 Å². The van der Waals surface area contributed by atoms with Gasteiger partial charge in [-0.05, 0) is 25.2 Å². The fourth-order valence-electron chi connectivity index (χ4n) is 2.02. The van der Waals surface area contributed by atoms with Crippen molar-refractivity contribution in [3.63, 3.8) is 0 Å². The zero-order valence-electron chi connectivity index (χ0n) is 9.06. The van der Waals surface area contributed by atoms with E-state index in [1.165, 1.54) is 32.1 Å². The van der Waals surface area contributed by atoms with Crippen molar-refractivity contribution in [1.82, 2.24) is 4.90 Å².